The number of carbonyl (C=O) groups is 1. The largest absolute Gasteiger partial charge is 0.492 e. The number of sulfonamides is 1. The van der Waals surface area contributed by atoms with E-state index in [-0.39, 0.29) is 36.1 Å². The van der Waals surface area contributed by atoms with Crippen molar-refractivity contribution < 1.29 is 22.7 Å². The van der Waals surface area contributed by atoms with Crippen molar-refractivity contribution in [3.05, 3.63) is 24.3 Å². The van der Waals surface area contributed by atoms with Gasteiger partial charge >= 0.3 is 6.09 Å². The molecule has 1 heterocycles. The molecule has 10 nitrogen and oxygen atoms in total. The second kappa shape index (κ2) is 12.7. The molecule has 30 heavy (non-hydrogen) atoms. The molecule has 170 valence electrons. The zero-order valence-electron chi connectivity index (χ0n) is 17.2. The number of nitrogens with two attached hydrogens (primary N) is 1. The second-order valence-electron chi connectivity index (χ2n) is 6.62. The molecule has 0 atom stereocenters. The molecular formula is C18H30IN5O5S. The Hall–Kier alpha value is -1.96. The van der Waals surface area contributed by atoms with Gasteiger partial charge in [0, 0.05) is 24.8 Å². The highest BCUT2D eigenvalue weighted by atomic mass is 127. The van der Waals surface area contributed by atoms with E-state index in [1.165, 1.54) is 0 Å². The molecule has 0 unspecified atom stereocenters. The van der Waals surface area contributed by atoms with Gasteiger partial charge in [-0.05, 0) is 44.0 Å². The molecule has 1 aliphatic heterocycles. The average Bonchev–Trinajstić information content (AvgIpc) is 2.66. The molecule has 0 saturated carbocycles. The molecule has 0 radical (unpaired) electrons. The van der Waals surface area contributed by atoms with Crippen LogP contribution in [0, 0.1) is 0 Å². The lowest BCUT2D eigenvalue weighted by molar-refractivity contribution is 0.0963. The predicted molar refractivity (Wildman–Crippen MR) is 127 cm³/mol. The molecule has 0 bridgehead atoms. The summed E-state index contributed by atoms with van der Waals surface area (Å²) in [6, 6.07) is 6.77. The van der Waals surface area contributed by atoms with Crippen LogP contribution in [-0.2, 0) is 14.8 Å². The summed E-state index contributed by atoms with van der Waals surface area (Å²) in [5, 5.41) is 3.17. The minimum Gasteiger partial charge on any atom is -0.492 e. The molecule has 1 amide bonds. The number of nitrogens with zero attached hydrogens (tertiary/aromatic N) is 2. The molecule has 0 aromatic heterocycles. The standard InChI is InChI=1S/C18H29N5O5S.HI/c1-3-27-18(24)23-11-8-14(9-12-23)21-17(19)20-10-13-28-16-6-4-15(5-7-16)22-29(2,25)26;/h4-7,14,22H,3,8-13H2,1-2H3,(H3,19,20,21);1H. The molecule has 4 N–H and O–H groups in total. The Morgan fingerprint density at radius 1 is 1.27 bits per heavy atom. The van der Waals surface area contributed by atoms with Crippen molar-refractivity contribution in [1.29, 1.82) is 0 Å². The summed E-state index contributed by atoms with van der Waals surface area (Å²) in [4.78, 5) is 17.6. The van der Waals surface area contributed by atoms with Crippen molar-refractivity contribution in [2.45, 2.75) is 25.8 Å². The van der Waals surface area contributed by atoms with E-state index in [2.05, 4.69) is 15.0 Å². The SMILES string of the molecule is CCOC(=O)N1CCC(NC(N)=NCCOc2ccc(NS(C)(=O)=O)cc2)CC1.I. The van der Waals surface area contributed by atoms with Crippen molar-refractivity contribution in [3.8, 4) is 5.75 Å². The third-order valence-corrected chi connectivity index (χ3v) is 4.78. The zero-order valence-corrected chi connectivity index (χ0v) is 20.3. The number of anilines is 1. The van der Waals surface area contributed by atoms with Crippen LogP contribution < -0.4 is 20.5 Å². The van der Waals surface area contributed by atoms with Crippen LogP contribution in [0.3, 0.4) is 0 Å². The summed E-state index contributed by atoms with van der Waals surface area (Å²) < 4.78 is 35.3. The van der Waals surface area contributed by atoms with Crippen LogP contribution in [0.4, 0.5) is 10.5 Å². The zero-order chi connectivity index (χ0) is 21.3. The number of hydrogen-bond donors (Lipinski definition) is 3. The number of rotatable bonds is 8. The van der Waals surface area contributed by atoms with E-state index in [0.717, 1.165) is 19.1 Å². The monoisotopic (exact) mass is 555 g/mol. The molecule has 1 saturated heterocycles. The van der Waals surface area contributed by atoms with Crippen molar-refractivity contribution in [2.24, 2.45) is 10.7 Å². The van der Waals surface area contributed by atoms with Crippen LogP contribution >= 0.6 is 24.0 Å². The van der Waals surface area contributed by atoms with Crippen LogP contribution in [0.25, 0.3) is 0 Å². The number of benzene rings is 1. The first kappa shape index (κ1) is 26.1. The number of aliphatic imine (C=N–C) groups is 1. The highest BCUT2D eigenvalue weighted by molar-refractivity contribution is 14.0. The van der Waals surface area contributed by atoms with Gasteiger partial charge in [0.1, 0.15) is 12.4 Å². The third-order valence-electron chi connectivity index (χ3n) is 4.17. The van der Waals surface area contributed by atoms with Crippen molar-refractivity contribution in [3.63, 3.8) is 0 Å². The number of hydrogen-bond acceptors (Lipinski definition) is 6. The minimum atomic E-state index is -3.30. The molecular weight excluding hydrogens is 525 g/mol. The topological polar surface area (TPSA) is 135 Å². The number of amides is 1. The second-order valence-corrected chi connectivity index (χ2v) is 8.37. The Morgan fingerprint density at radius 2 is 1.90 bits per heavy atom. The maximum absolute atomic E-state index is 11.7. The van der Waals surface area contributed by atoms with Crippen LogP contribution in [-0.4, -0.2) is 70.5 Å². The first-order valence-electron chi connectivity index (χ1n) is 9.45. The van der Waals surface area contributed by atoms with Gasteiger partial charge in [0.25, 0.3) is 0 Å². The normalized spacial score (nSPS) is 15.1. The molecule has 1 fully saturated rings. The number of piperidine rings is 1. The van der Waals surface area contributed by atoms with Gasteiger partial charge in [0.2, 0.25) is 10.0 Å². The number of ether oxygens (including phenoxy) is 2. The Morgan fingerprint density at radius 3 is 2.47 bits per heavy atom. The van der Waals surface area contributed by atoms with Crippen molar-refractivity contribution in [2.75, 3.05) is 43.8 Å². The summed E-state index contributed by atoms with van der Waals surface area (Å²) in [5.74, 6) is 0.952. The molecule has 1 aliphatic rings. The first-order chi connectivity index (χ1) is 13.8. The summed E-state index contributed by atoms with van der Waals surface area (Å²) in [6.07, 6.45) is 2.38. The van der Waals surface area contributed by atoms with E-state index < -0.39 is 10.0 Å². The highest BCUT2D eigenvalue weighted by Crippen LogP contribution is 2.16. The van der Waals surface area contributed by atoms with Gasteiger partial charge in [-0.25, -0.2) is 18.2 Å². The fraction of sp³-hybridized carbons (Fsp3) is 0.556. The van der Waals surface area contributed by atoms with E-state index in [0.29, 0.717) is 50.2 Å². The number of carbonyl (C=O) groups excluding carboxylic acids is 1. The van der Waals surface area contributed by atoms with Gasteiger partial charge in [-0.1, -0.05) is 0 Å². The predicted octanol–water partition coefficient (Wildman–Crippen LogP) is 1.58. The van der Waals surface area contributed by atoms with Gasteiger partial charge < -0.3 is 25.4 Å². The average molecular weight is 555 g/mol. The summed E-state index contributed by atoms with van der Waals surface area (Å²) in [6.45, 7) is 4.12. The fourth-order valence-corrected chi connectivity index (χ4v) is 3.40. The lowest BCUT2D eigenvalue weighted by Crippen LogP contribution is -2.48. The smallest absolute Gasteiger partial charge is 0.409 e. The summed E-state index contributed by atoms with van der Waals surface area (Å²) in [5.41, 5.74) is 6.39. The van der Waals surface area contributed by atoms with E-state index in [1.807, 2.05) is 0 Å². The van der Waals surface area contributed by atoms with Crippen LogP contribution in [0.1, 0.15) is 19.8 Å². The summed E-state index contributed by atoms with van der Waals surface area (Å²) >= 11 is 0. The number of guanidine groups is 1. The maximum atomic E-state index is 11.7. The first-order valence-corrected chi connectivity index (χ1v) is 11.3. The van der Waals surface area contributed by atoms with Gasteiger partial charge in [0.15, 0.2) is 5.96 Å². The van der Waals surface area contributed by atoms with Crippen LogP contribution in [0.5, 0.6) is 5.75 Å². The van der Waals surface area contributed by atoms with Crippen LogP contribution in [0.15, 0.2) is 29.3 Å². The molecule has 2 rings (SSSR count). The lowest BCUT2D eigenvalue weighted by atomic mass is 10.1. The molecule has 0 aliphatic carbocycles. The van der Waals surface area contributed by atoms with Crippen molar-refractivity contribution >= 4 is 51.7 Å². The van der Waals surface area contributed by atoms with Gasteiger partial charge in [-0.2, -0.15) is 0 Å². The summed E-state index contributed by atoms with van der Waals surface area (Å²) in [7, 11) is -3.30. The fourth-order valence-electron chi connectivity index (χ4n) is 2.84. The molecule has 12 heteroatoms. The van der Waals surface area contributed by atoms with Gasteiger partial charge in [0.05, 0.1) is 19.4 Å². The Labute approximate surface area is 194 Å². The van der Waals surface area contributed by atoms with E-state index in [9.17, 15) is 13.2 Å². The molecule has 0 spiro atoms. The van der Waals surface area contributed by atoms with Crippen LogP contribution in [0.2, 0.25) is 0 Å². The van der Waals surface area contributed by atoms with Gasteiger partial charge in [-0.3, -0.25) is 4.72 Å². The third kappa shape index (κ3) is 9.69. The maximum Gasteiger partial charge on any atom is 0.409 e. The van der Waals surface area contributed by atoms with E-state index >= 15 is 0 Å². The van der Waals surface area contributed by atoms with Gasteiger partial charge in [-0.15, -0.1) is 24.0 Å². The number of nitrogens with one attached hydrogen (secondary N) is 2. The Kier molecular flexibility index (Phi) is 11.0. The lowest BCUT2D eigenvalue weighted by Gasteiger charge is -2.31. The Bertz CT molecular complexity index is 796. The Balaban J connectivity index is 0.00000450. The van der Waals surface area contributed by atoms with E-state index in [4.69, 9.17) is 15.2 Å². The molecule has 1 aromatic rings. The van der Waals surface area contributed by atoms with E-state index in [1.54, 1.807) is 36.1 Å². The highest BCUT2D eigenvalue weighted by Gasteiger charge is 2.23. The van der Waals surface area contributed by atoms with Crippen molar-refractivity contribution in [1.82, 2.24) is 10.2 Å². The molecule has 1 aromatic carbocycles. The number of likely N-dealkylation sites (tertiary alicyclic amines) is 1. The minimum absolute atomic E-state index is 0. The quantitative estimate of drug-likeness (QED) is 0.192. The number of halogens is 1.